The van der Waals surface area contributed by atoms with Gasteiger partial charge in [0, 0.05) is 13.0 Å². The second-order valence-corrected chi connectivity index (χ2v) is 2.95. The summed E-state index contributed by atoms with van der Waals surface area (Å²) in [5, 5.41) is 2.72. The fourth-order valence-corrected chi connectivity index (χ4v) is 0.929. The van der Waals surface area contributed by atoms with Crippen molar-refractivity contribution in [3.05, 3.63) is 0 Å². The van der Waals surface area contributed by atoms with E-state index in [0.29, 0.717) is 39.1 Å². The molecule has 0 spiro atoms. The smallest absolute Gasteiger partial charge is 0.220 e. The molecule has 5 nitrogen and oxygen atoms in total. The first kappa shape index (κ1) is 14.1. The van der Waals surface area contributed by atoms with Gasteiger partial charge in [0.2, 0.25) is 5.91 Å². The molecule has 0 heterocycles. The molecule has 0 aliphatic carbocycles. The Morgan fingerprint density at radius 3 is 2.67 bits per heavy atom. The zero-order valence-electron chi connectivity index (χ0n) is 9.16. The molecule has 15 heavy (non-hydrogen) atoms. The first-order valence-electron chi connectivity index (χ1n) is 5.17. The Morgan fingerprint density at radius 1 is 1.27 bits per heavy atom. The van der Waals surface area contributed by atoms with Gasteiger partial charge in [-0.25, -0.2) is 0 Å². The average molecular weight is 217 g/mol. The molecule has 0 saturated heterocycles. The number of ether oxygens (including phenoxy) is 2. The van der Waals surface area contributed by atoms with E-state index < -0.39 is 0 Å². The predicted octanol–water partition coefficient (Wildman–Crippen LogP) is 0.135. The highest BCUT2D eigenvalue weighted by Gasteiger charge is 1.97. The number of hydrogen-bond acceptors (Lipinski definition) is 4. The van der Waals surface area contributed by atoms with Crippen molar-refractivity contribution in [1.29, 1.82) is 0 Å². The van der Waals surface area contributed by atoms with E-state index in [4.69, 9.17) is 9.47 Å². The number of nitrogens with one attached hydrogen (secondary N) is 1. The Kier molecular flexibility index (Phi) is 10.4. The molecule has 0 aromatic heterocycles. The van der Waals surface area contributed by atoms with Crippen molar-refractivity contribution in [2.75, 3.05) is 33.0 Å². The van der Waals surface area contributed by atoms with Gasteiger partial charge in [0.1, 0.15) is 12.9 Å². The van der Waals surface area contributed by atoms with Crippen LogP contribution in [-0.4, -0.2) is 45.2 Å². The van der Waals surface area contributed by atoms with E-state index >= 15 is 0 Å². The lowest BCUT2D eigenvalue weighted by molar-refractivity contribution is -0.121. The Labute approximate surface area is 90.1 Å². The first-order valence-corrected chi connectivity index (χ1v) is 5.17. The standard InChI is InChI=1S/C10H19NO4/c1-2-3-10(13)11-4-6-14-8-9-15-7-5-12/h5H,2-4,6-9H2,1H3,(H,11,13). The fraction of sp³-hybridized carbons (Fsp3) is 0.800. The minimum absolute atomic E-state index is 0.0540. The molecule has 0 radical (unpaired) electrons. The number of carbonyl (C=O) groups excluding carboxylic acids is 2. The Bertz CT molecular complexity index is 173. The summed E-state index contributed by atoms with van der Waals surface area (Å²) >= 11 is 0. The van der Waals surface area contributed by atoms with Crippen LogP contribution in [0.4, 0.5) is 0 Å². The summed E-state index contributed by atoms with van der Waals surface area (Å²) in [4.78, 5) is 20.9. The van der Waals surface area contributed by atoms with Crippen molar-refractivity contribution in [3.8, 4) is 0 Å². The lowest BCUT2D eigenvalue weighted by atomic mass is 10.3. The highest BCUT2D eigenvalue weighted by Crippen LogP contribution is 1.84. The van der Waals surface area contributed by atoms with Crippen LogP contribution in [0.15, 0.2) is 0 Å². The molecule has 0 aliphatic rings. The summed E-state index contributed by atoms with van der Waals surface area (Å²) < 4.78 is 10.0. The van der Waals surface area contributed by atoms with Crippen LogP contribution in [0.25, 0.3) is 0 Å². The van der Waals surface area contributed by atoms with E-state index in [-0.39, 0.29) is 12.5 Å². The van der Waals surface area contributed by atoms with Crippen molar-refractivity contribution in [1.82, 2.24) is 5.32 Å². The predicted molar refractivity (Wildman–Crippen MR) is 55.6 cm³/mol. The van der Waals surface area contributed by atoms with Gasteiger partial charge in [-0.2, -0.15) is 0 Å². The highest BCUT2D eigenvalue weighted by molar-refractivity contribution is 5.75. The van der Waals surface area contributed by atoms with Crippen LogP contribution < -0.4 is 5.32 Å². The molecule has 88 valence electrons. The maximum atomic E-state index is 11.0. The minimum Gasteiger partial charge on any atom is -0.377 e. The van der Waals surface area contributed by atoms with Gasteiger partial charge in [0.05, 0.1) is 19.8 Å². The van der Waals surface area contributed by atoms with E-state index in [1.54, 1.807) is 0 Å². The van der Waals surface area contributed by atoms with E-state index in [9.17, 15) is 9.59 Å². The van der Waals surface area contributed by atoms with Crippen molar-refractivity contribution >= 4 is 12.2 Å². The van der Waals surface area contributed by atoms with Gasteiger partial charge < -0.3 is 19.6 Å². The molecule has 1 amide bonds. The molecule has 0 aromatic carbocycles. The molecule has 0 fully saturated rings. The van der Waals surface area contributed by atoms with Gasteiger partial charge in [-0.15, -0.1) is 0 Å². The van der Waals surface area contributed by atoms with Crippen LogP contribution in [0, 0.1) is 0 Å². The molecular weight excluding hydrogens is 198 g/mol. The second kappa shape index (κ2) is 11.1. The second-order valence-electron chi connectivity index (χ2n) is 2.95. The van der Waals surface area contributed by atoms with Gasteiger partial charge in [-0.3, -0.25) is 4.79 Å². The van der Waals surface area contributed by atoms with Gasteiger partial charge in [0.25, 0.3) is 0 Å². The number of rotatable bonds is 10. The molecular formula is C10H19NO4. The molecule has 0 rings (SSSR count). The van der Waals surface area contributed by atoms with E-state index in [2.05, 4.69) is 5.32 Å². The van der Waals surface area contributed by atoms with Crippen LogP contribution in [0.2, 0.25) is 0 Å². The van der Waals surface area contributed by atoms with E-state index in [1.165, 1.54) is 0 Å². The molecule has 1 N–H and O–H groups in total. The molecule has 0 unspecified atom stereocenters. The molecule has 0 aromatic rings. The molecule has 0 atom stereocenters. The minimum atomic E-state index is 0.0540. The van der Waals surface area contributed by atoms with Crippen molar-refractivity contribution in [3.63, 3.8) is 0 Å². The Hall–Kier alpha value is -0.940. The SMILES string of the molecule is CCCC(=O)NCCOCCOCC=O. The van der Waals surface area contributed by atoms with Crippen molar-refractivity contribution in [2.24, 2.45) is 0 Å². The summed E-state index contributed by atoms with van der Waals surface area (Å²) in [5.74, 6) is 0.0540. The summed E-state index contributed by atoms with van der Waals surface area (Å²) in [6, 6.07) is 0. The quantitative estimate of drug-likeness (QED) is 0.417. The van der Waals surface area contributed by atoms with Crippen LogP contribution in [0.5, 0.6) is 0 Å². The largest absolute Gasteiger partial charge is 0.377 e. The van der Waals surface area contributed by atoms with Crippen LogP contribution in [0.3, 0.4) is 0 Å². The summed E-state index contributed by atoms with van der Waals surface area (Å²) in [7, 11) is 0. The van der Waals surface area contributed by atoms with Crippen LogP contribution >= 0.6 is 0 Å². The number of carbonyl (C=O) groups is 2. The lowest BCUT2D eigenvalue weighted by Crippen LogP contribution is -2.27. The molecule has 5 heteroatoms. The summed E-state index contributed by atoms with van der Waals surface area (Å²) in [6.45, 7) is 3.91. The Balaban J connectivity index is 3.04. The van der Waals surface area contributed by atoms with Gasteiger partial charge in [-0.1, -0.05) is 6.92 Å². The molecule has 0 saturated carbocycles. The molecule has 0 aliphatic heterocycles. The van der Waals surface area contributed by atoms with Crippen molar-refractivity contribution in [2.45, 2.75) is 19.8 Å². The summed E-state index contributed by atoms with van der Waals surface area (Å²) in [6.07, 6.45) is 2.11. The van der Waals surface area contributed by atoms with Gasteiger partial charge >= 0.3 is 0 Å². The third-order valence-electron chi connectivity index (χ3n) is 1.60. The van der Waals surface area contributed by atoms with Crippen molar-refractivity contribution < 1.29 is 19.1 Å². The number of hydrogen-bond donors (Lipinski definition) is 1. The normalized spacial score (nSPS) is 9.93. The maximum Gasteiger partial charge on any atom is 0.220 e. The zero-order chi connectivity index (χ0) is 11.4. The lowest BCUT2D eigenvalue weighted by Gasteiger charge is -2.05. The number of amides is 1. The molecule has 0 bridgehead atoms. The van der Waals surface area contributed by atoms with Gasteiger partial charge in [0.15, 0.2) is 0 Å². The van der Waals surface area contributed by atoms with E-state index in [0.717, 1.165) is 6.42 Å². The van der Waals surface area contributed by atoms with Crippen LogP contribution in [-0.2, 0) is 19.1 Å². The summed E-state index contributed by atoms with van der Waals surface area (Å²) in [5.41, 5.74) is 0. The third kappa shape index (κ3) is 11.0. The third-order valence-corrected chi connectivity index (χ3v) is 1.60. The van der Waals surface area contributed by atoms with Gasteiger partial charge in [-0.05, 0) is 6.42 Å². The monoisotopic (exact) mass is 217 g/mol. The fourth-order valence-electron chi connectivity index (χ4n) is 0.929. The van der Waals surface area contributed by atoms with Crippen LogP contribution in [0.1, 0.15) is 19.8 Å². The topological polar surface area (TPSA) is 64.6 Å². The Morgan fingerprint density at radius 2 is 2.00 bits per heavy atom. The first-order chi connectivity index (χ1) is 7.31. The zero-order valence-corrected chi connectivity index (χ0v) is 9.16. The number of aldehydes is 1. The van der Waals surface area contributed by atoms with E-state index in [1.807, 2.05) is 6.92 Å². The maximum absolute atomic E-state index is 11.0. The average Bonchev–Trinajstić information content (AvgIpc) is 2.22. The highest BCUT2D eigenvalue weighted by atomic mass is 16.5.